The first kappa shape index (κ1) is 31.8. The number of carbonyl (C=O) groups is 2. The summed E-state index contributed by atoms with van der Waals surface area (Å²) >= 11 is 0. The van der Waals surface area contributed by atoms with E-state index in [9.17, 15) is 18.0 Å². The Morgan fingerprint density at radius 1 is 0.761 bits per heavy atom. The van der Waals surface area contributed by atoms with Crippen LogP contribution in [-0.4, -0.2) is 32.0 Å². The summed E-state index contributed by atoms with van der Waals surface area (Å²) in [5.41, 5.74) is 5.43. The van der Waals surface area contributed by atoms with Gasteiger partial charge in [0.15, 0.2) is 23.1 Å². The van der Waals surface area contributed by atoms with Crippen LogP contribution in [0.1, 0.15) is 76.0 Å². The van der Waals surface area contributed by atoms with Crippen LogP contribution in [0.25, 0.3) is 0 Å². The molecule has 0 saturated carbocycles. The largest absolute Gasteiger partial charge is 0.493 e. The summed E-state index contributed by atoms with van der Waals surface area (Å²) in [6.45, 7) is 10.9. The summed E-state index contributed by atoms with van der Waals surface area (Å²) < 4.78 is 37.5. The van der Waals surface area contributed by atoms with E-state index in [1.165, 1.54) is 19.2 Å². The Morgan fingerprint density at radius 3 is 1.87 bits per heavy atom. The van der Waals surface area contributed by atoms with E-state index in [1.807, 2.05) is 25.1 Å². The lowest BCUT2D eigenvalue weighted by atomic mass is 9.63. The molecule has 3 aromatic rings. The molecule has 0 bridgehead atoms. The fourth-order valence-corrected chi connectivity index (χ4v) is 8.08. The predicted octanol–water partition coefficient (Wildman–Crippen LogP) is 7.66. The molecule has 0 unspecified atom stereocenters. The molecule has 46 heavy (non-hydrogen) atoms. The molecular weight excluding hydrogens is 598 g/mol. The number of rotatable bonds is 7. The quantitative estimate of drug-likeness (QED) is 0.245. The number of carbonyl (C=O) groups excluding carboxylic acids is 2. The molecular formula is C38H41NO6S. The highest BCUT2D eigenvalue weighted by molar-refractivity contribution is 7.87. The minimum Gasteiger partial charge on any atom is -0.493 e. The van der Waals surface area contributed by atoms with E-state index in [0.717, 1.165) is 22.5 Å². The van der Waals surface area contributed by atoms with Gasteiger partial charge in [-0.15, -0.1) is 0 Å². The maximum atomic E-state index is 14.2. The van der Waals surface area contributed by atoms with Crippen LogP contribution in [0.3, 0.4) is 0 Å². The molecule has 0 amide bonds. The van der Waals surface area contributed by atoms with Crippen molar-refractivity contribution in [2.45, 2.75) is 77.7 Å². The van der Waals surface area contributed by atoms with Crippen LogP contribution in [0.15, 0.2) is 100 Å². The van der Waals surface area contributed by atoms with Crippen molar-refractivity contribution < 1.29 is 26.9 Å². The third kappa shape index (κ3) is 6.03. The van der Waals surface area contributed by atoms with Crippen LogP contribution in [-0.2, 0) is 26.3 Å². The van der Waals surface area contributed by atoms with Crippen LogP contribution >= 0.6 is 0 Å². The van der Waals surface area contributed by atoms with Gasteiger partial charge in [-0.1, -0.05) is 81.8 Å². The fourth-order valence-electron chi connectivity index (χ4n) is 7.14. The van der Waals surface area contributed by atoms with Crippen LogP contribution in [0, 0.1) is 17.8 Å². The lowest BCUT2D eigenvalue weighted by Gasteiger charge is -2.49. The Balaban J connectivity index is 1.50. The maximum Gasteiger partial charge on any atom is 0.339 e. The van der Waals surface area contributed by atoms with Crippen molar-refractivity contribution in [1.82, 2.24) is 4.90 Å². The minimum absolute atomic E-state index is 0.0275. The number of Topliss-reactive ketones (excluding diaryl/α,β-unsaturated/α-hetero) is 2. The summed E-state index contributed by atoms with van der Waals surface area (Å²) in [7, 11) is -2.68. The molecule has 0 spiro atoms. The van der Waals surface area contributed by atoms with Gasteiger partial charge < -0.3 is 13.8 Å². The second-order valence-electron chi connectivity index (χ2n) is 14.4. The second kappa shape index (κ2) is 11.6. The van der Waals surface area contributed by atoms with Crippen LogP contribution in [0.2, 0.25) is 0 Å². The van der Waals surface area contributed by atoms with Crippen molar-refractivity contribution in [2.24, 2.45) is 10.8 Å². The molecule has 7 nitrogen and oxygen atoms in total. The third-order valence-electron chi connectivity index (χ3n) is 9.24. The summed E-state index contributed by atoms with van der Waals surface area (Å²) in [6.07, 6.45) is 2.12. The van der Waals surface area contributed by atoms with E-state index in [0.29, 0.717) is 48.9 Å². The number of allylic oxidation sites excluding steroid dienone is 4. The Bertz CT molecular complexity index is 1830. The molecule has 8 heteroatoms. The Hall–Kier alpha value is -4.17. The molecule has 0 atom stereocenters. The number of hydrogen-bond donors (Lipinski definition) is 0. The van der Waals surface area contributed by atoms with Crippen molar-refractivity contribution in [2.75, 3.05) is 7.11 Å². The molecule has 3 aliphatic rings. The smallest absolute Gasteiger partial charge is 0.339 e. The van der Waals surface area contributed by atoms with Crippen molar-refractivity contribution in [3.8, 4) is 11.5 Å². The lowest BCUT2D eigenvalue weighted by molar-refractivity contribution is -0.119. The van der Waals surface area contributed by atoms with Crippen LogP contribution < -0.4 is 8.92 Å². The van der Waals surface area contributed by atoms with Crippen molar-refractivity contribution in [3.63, 3.8) is 0 Å². The van der Waals surface area contributed by atoms with E-state index < -0.39 is 16.0 Å². The Morgan fingerprint density at radius 2 is 1.33 bits per heavy atom. The van der Waals surface area contributed by atoms with Gasteiger partial charge in [0.05, 0.1) is 7.11 Å². The Kier molecular flexibility index (Phi) is 8.00. The first-order valence-electron chi connectivity index (χ1n) is 15.7. The SMILES string of the molecule is COc1cc(C2C3=C(CC(C)(C)CC3=O)N(Cc3ccccc3)C3=C2C(=O)CC(C)(C)C3)ccc1OS(=O)(=O)c1ccc(C)cc1. The summed E-state index contributed by atoms with van der Waals surface area (Å²) in [6, 6.07) is 21.6. The van der Waals surface area contributed by atoms with Gasteiger partial charge in [-0.25, -0.2) is 0 Å². The van der Waals surface area contributed by atoms with E-state index >= 15 is 0 Å². The number of hydrogen-bond acceptors (Lipinski definition) is 7. The Labute approximate surface area is 272 Å². The van der Waals surface area contributed by atoms with E-state index in [2.05, 4.69) is 44.7 Å². The van der Waals surface area contributed by atoms with Crippen molar-refractivity contribution in [3.05, 3.63) is 112 Å². The highest BCUT2D eigenvalue weighted by atomic mass is 32.2. The minimum atomic E-state index is -4.13. The number of nitrogens with zero attached hydrogens (tertiary/aromatic N) is 1. The van der Waals surface area contributed by atoms with Gasteiger partial charge in [-0.3, -0.25) is 9.59 Å². The normalized spacial score (nSPS) is 19.6. The molecule has 0 aromatic heterocycles. The van der Waals surface area contributed by atoms with Crippen LogP contribution in [0.4, 0.5) is 0 Å². The van der Waals surface area contributed by atoms with Gasteiger partial charge in [0.2, 0.25) is 0 Å². The molecule has 0 saturated heterocycles. The van der Waals surface area contributed by atoms with Crippen molar-refractivity contribution in [1.29, 1.82) is 0 Å². The van der Waals surface area contributed by atoms with Crippen molar-refractivity contribution >= 4 is 21.7 Å². The van der Waals surface area contributed by atoms with Gasteiger partial charge >= 0.3 is 10.1 Å². The topological polar surface area (TPSA) is 90.0 Å². The molecule has 240 valence electrons. The highest BCUT2D eigenvalue weighted by Gasteiger charge is 2.49. The zero-order valence-electron chi connectivity index (χ0n) is 27.3. The van der Waals surface area contributed by atoms with Gasteiger partial charge in [0, 0.05) is 47.8 Å². The fraction of sp³-hybridized carbons (Fsp3) is 0.368. The van der Waals surface area contributed by atoms with E-state index in [1.54, 1.807) is 30.3 Å². The van der Waals surface area contributed by atoms with E-state index in [4.69, 9.17) is 8.92 Å². The standard InChI is InChI=1S/C38H41NO6S/c1-24-12-15-27(16-13-24)46(42,43)45-32-17-14-26(18-33(32)44-6)34-35-28(19-37(2,3)21-30(35)40)39(23-25-10-8-7-9-11-25)29-20-38(4,5)22-31(41)36(29)34/h7-18,34H,19-23H2,1-6H3. The first-order valence-corrected chi connectivity index (χ1v) is 17.1. The average molecular weight is 640 g/mol. The second-order valence-corrected chi connectivity index (χ2v) is 15.9. The summed E-state index contributed by atoms with van der Waals surface area (Å²) in [4.78, 5) is 30.6. The zero-order chi connectivity index (χ0) is 33.0. The van der Waals surface area contributed by atoms with Gasteiger partial charge in [-0.05, 0) is 66.0 Å². The maximum absolute atomic E-state index is 14.2. The molecule has 0 fully saturated rings. The number of ether oxygens (including phenoxy) is 1. The lowest BCUT2D eigenvalue weighted by Crippen LogP contribution is -2.44. The zero-order valence-corrected chi connectivity index (χ0v) is 28.2. The number of ketones is 2. The summed E-state index contributed by atoms with van der Waals surface area (Å²) in [5.74, 6) is -0.305. The van der Waals surface area contributed by atoms with Crippen LogP contribution in [0.5, 0.6) is 11.5 Å². The first-order chi connectivity index (χ1) is 21.7. The van der Waals surface area contributed by atoms with Gasteiger partial charge in [0.25, 0.3) is 0 Å². The average Bonchev–Trinajstić information content (AvgIpc) is 2.97. The molecule has 0 N–H and O–H groups in total. The molecule has 2 aliphatic carbocycles. The number of aryl methyl sites for hydroxylation is 1. The summed E-state index contributed by atoms with van der Waals surface area (Å²) in [5, 5.41) is 0. The molecule has 1 aliphatic heterocycles. The molecule has 0 radical (unpaired) electrons. The van der Waals surface area contributed by atoms with Gasteiger partial charge in [0.1, 0.15) is 4.90 Å². The molecule has 6 rings (SSSR count). The number of benzene rings is 3. The highest BCUT2D eigenvalue weighted by Crippen LogP contribution is 2.55. The monoisotopic (exact) mass is 639 g/mol. The van der Waals surface area contributed by atoms with E-state index in [-0.39, 0.29) is 38.8 Å². The number of methoxy groups -OCH3 is 1. The van der Waals surface area contributed by atoms with Gasteiger partial charge in [-0.2, -0.15) is 8.42 Å². The molecule has 1 heterocycles. The molecule has 3 aromatic carbocycles. The predicted molar refractivity (Wildman–Crippen MR) is 177 cm³/mol. The third-order valence-corrected chi connectivity index (χ3v) is 10.5.